The van der Waals surface area contributed by atoms with Crippen molar-refractivity contribution in [1.82, 2.24) is 29.9 Å². The van der Waals surface area contributed by atoms with Crippen molar-refractivity contribution < 1.29 is 4.79 Å². The van der Waals surface area contributed by atoms with E-state index < -0.39 is 0 Å². The third-order valence-corrected chi connectivity index (χ3v) is 3.93. The Morgan fingerprint density at radius 2 is 1.75 bits per heavy atom. The van der Waals surface area contributed by atoms with Gasteiger partial charge < -0.3 is 9.88 Å². The maximum absolute atomic E-state index is 11.3. The molecule has 0 saturated heterocycles. The van der Waals surface area contributed by atoms with Gasteiger partial charge in [-0.15, -0.1) is 5.10 Å². The molecular formula is C17H16N6O. The van der Waals surface area contributed by atoms with Gasteiger partial charge in [0.05, 0.1) is 23.2 Å². The van der Waals surface area contributed by atoms with Gasteiger partial charge in [-0.1, -0.05) is 29.5 Å². The first-order valence-electron chi connectivity index (χ1n) is 7.69. The number of amides is 1. The van der Waals surface area contributed by atoms with Crippen LogP contribution in [0, 0.1) is 0 Å². The molecule has 0 bridgehead atoms. The molecule has 4 aromatic rings. The highest BCUT2D eigenvalue weighted by molar-refractivity contribution is 5.77. The van der Waals surface area contributed by atoms with Gasteiger partial charge in [-0.2, -0.15) is 0 Å². The molecule has 0 atom stereocenters. The van der Waals surface area contributed by atoms with Crippen LogP contribution in [0.1, 0.15) is 12.7 Å². The number of nitrogens with one attached hydrogen (secondary N) is 1. The largest absolute Gasteiger partial charge is 0.338 e. The second-order valence-electron chi connectivity index (χ2n) is 5.57. The summed E-state index contributed by atoms with van der Waals surface area (Å²) in [6.45, 7) is 2.36. The monoisotopic (exact) mass is 320 g/mol. The fourth-order valence-corrected chi connectivity index (χ4v) is 2.78. The minimum atomic E-state index is -0.0788. The van der Waals surface area contributed by atoms with Crippen molar-refractivity contribution in [3.63, 3.8) is 0 Å². The van der Waals surface area contributed by atoms with Gasteiger partial charge in [-0.05, 0) is 24.3 Å². The fourth-order valence-electron chi connectivity index (χ4n) is 2.78. The van der Waals surface area contributed by atoms with Crippen molar-refractivity contribution in [2.75, 3.05) is 0 Å². The van der Waals surface area contributed by atoms with Crippen molar-refractivity contribution in [1.29, 1.82) is 0 Å². The third-order valence-electron chi connectivity index (χ3n) is 3.93. The van der Waals surface area contributed by atoms with E-state index in [1.807, 2.05) is 57.8 Å². The molecule has 0 aliphatic carbocycles. The first-order chi connectivity index (χ1) is 11.7. The molecule has 4 rings (SSSR count). The lowest BCUT2D eigenvalue weighted by atomic mass is 10.3. The van der Waals surface area contributed by atoms with Gasteiger partial charge in [0, 0.05) is 6.92 Å². The fraction of sp³-hybridized carbons (Fsp3) is 0.176. The highest BCUT2D eigenvalue weighted by Crippen LogP contribution is 2.18. The van der Waals surface area contributed by atoms with Crippen LogP contribution in [0.3, 0.4) is 0 Å². The maximum Gasteiger partial charge on any atom is 0.218 e. The van der Waals surface area contributed by atoms with Gasteiger partial charge in [0.15, 0.2) is 0 Å². The smallest absolute Gasteiger partial charge is 0.218 e. The maximum atomic E-state index is 11.3. The Kier molecular flexibility index (Phi) is 3.45. The van der Waals surface area contributed by atoms with Crippen molar-refractivity contribution in [3.05, 3.63) is 54.4 Å². The lowest BCUT2D eigenvalue weighted by molar-refractivity contribution is -0.119. The van der Waals surface area contributed by atoms with Gasteiger partial charge in [0.2, 0.25) is 5.91 Å². The Morgan fingerprint density at radius 3 is 2.54 bits per heavy atom. The minimum Gasteiger partial charge on any atom is -0.338 e. The van der Waals surface area contributed by atoms with Gasteiger partial charge in [-0.3, -0.25) is 4.79 Å². The second kappa shape index (κ2) is 5.77. The number of nitrogens with zero attached hydrogens (tertiary/aromatic N) is 5. The van der Waals surface area contributed by atoms with Crippen molar-refractivity contribution in [3.8, 4) is 0 Å². The van der Waals surface area contributed by atoms with E-state index in [9.17, 15) is 4.79 Å². The van der Waals surface area contributed by atoms with Crippen LogP contribution in [-0.4, -0.2) is 30.5 Å². The van der Waals surface area contributed by atoms with Gasteiger partial charge >= 0.3 is 0 Å². The molecule has 1 N–H and O–H groups in total. The van der Waals surface area contributed by atoms with Crippen LogP contribution in [0.25, 0.3) is 22.1 Å². The van der Waals surface area contributed by atoms with E-state index in [0.717, 1.165) is 27.9 Å². The molecular weight excluding hydrogens is 304 g/mol. The minimum absolute atomic E-state index is 0.0788. The zero-order valence-corrected chi connectivity index (χ0v) is 13.2. The number of rotatable bonds is 4. The summed E-state index contributed by atoms with van der Waals surface area (Å²) in [6, 6.07) is 15.7. The lowest BCUT2D eigenvalue weighted by Gasteiger charge is -2.10. The van der Waals surface area contributed by atoms with E-state index in [2.05, 4.69) is 15.6 Å². The number of fused-ring (bicyclic) bond motifs is 2. The number of carbonyl (C=O) groups excluding carboxylic acids is 1. The molecule has 2 heterocycles. The molecule has 2 aromatic heterocycles. The highest BCUT2D eigenvalue weighted by Gasteiger charge is 2.13. The molecule has 0 spiro atoms. The SMILES string of the molecule is CC(=O)NCn1c(Cn2nnc3ccccc32)nc2ccccc21. The third kappa shape index (κ3) is 2.50. The Labute approximate surface area is 137 Å². The van der Waals surface area contributed by atoms with Gasteiger partial charge in [0.1, 0.15) is 17.9 Å². The van der Waals surface area contributed by atoms with Crippen LogP contribution < -0.4 is 5.32 Å². The van der Waals surface area contributed by atoms with Crippen LogP contribution in [0.2, 0.25) is 0 Å². The average molecular weight is 320 g/mol. The molecule has 0 unspecified atom stereocenters. The Bertz CT molecular complexity index is 1030. The summed E-state index contributed by atoms with van der Waals surface area (Å²) < 4.78 is 3.81. The summed E-state index contributed by atoms with van der Waals surface area (Å²) in [5.41, 5.74) is 3.67. The van der Waals surface area contributed by atoms with E-state index in [1.54, 1.807) is 0 Å². The molecule has 7 nitrogen and oxygen atoms in total. The van der Waals surface area contributed by atoms with E-state index >= 15 is 0 Å². The van der Waals surface area contributed by atoms with Crippen LogP contribution in [-0.2, 0) is 18.0 Å². The van der Waals surface area contributed by atoms with Crippen LogP contribution >= 0.6 is 0 Å². The summed E-state index contributed by atoms with van der Waals surface area (Å²) in [4.78, 5) is 16.0. The van der Waals surface area contributed by atoms with Gasteiger partial charge in [0.25, 0.3) is 0 Å². The van der Waals surface area contributed by atoms with Crippen molar-refractivity contribution >= 4 is 28.0 Å². The summed E-state index contributed by atoms with van der Waals surface area (Å²) in [6.07, 6.45) is 0. The summed E-state index contributed by atoms with van der Waals surface area (Å²) in [7, 11) is 0. The zero-order chi connectivity index (χ0) is 16.5. The Balaban J connectivity index is 1.77. The Hall–Kier alpha value is -3.22. The number of benzene rings is 2. The molecule has 24 heavy (non-hydrogen) atoms. The van der Waals surface area contributed by atoms with Gasteiger partial charge in [-0.25, -0.2) is 9.67 Å². The zero-order valence-electron chi connectivity index (χ0n) is 13.2. The molecule has 2 aromatic carbocycles. The molecule has 120 valence electrons. The number of hydrogen-bond acceptors (Lipinski definition) is 4. The first-order valence-corrected chi connectivity index (χ1v) is 7.69. The average Bonchev–Trinajstić information content (AvgIpc) is 3.15. The quantitative estimate of drug-likeness (QED) is 0.623. The van der Waals surface area contributed by atoms with Crippen LogP contribution in [0.15, 0.2) is 48.5 Å². The molecule has 0 aliphatic rings. The predicted octanol–water partition coefficient (Wildman–Crippen LogP) is 1.92. The number of imidazole rings is 1. The molecule has 0 fully saturated rings. The normalized spacial score (nSPS) is 11.2. The molecule has 0 aliphatic heterocycles. The second-order valence-corrected chi connectivity index (χ2v) is 5.57. The first kappa shape index (κ1) is 14.4. The summed E-state index contributed by atoms with van der Waals surface area (Å²) in [5.74, 6) is 0.741. The lowest BCUT2D eigenvalue weighted by Crippen LogP contribution is -2.25. The molecule has 1 amide bonds. The number of para-hydroxylation sites is 3. The van der Waals surface area contributed by atoms with E-state index in [4.69, 9.17) is 4.98 Å². The number of hydrogen-bond donors (Lipinski definition) is 1. The standard InChI is InChI=1S/C17H16N6O/c1-12(24)18-11-22-15-8-4-2-6-13(15)19-17(22)10-23-16-9-5-3-7-14(16)20-21-23/h2-9H,10-11H2,1H3,(H,18,24). The summed E-state index contributed by atoms with van der Waals surface area (Å²) >= 11 is 0. The molecule has 0 saturated carbocycles. The van der Waals surface area contributed by atoms with E-state index in [0.29, 0.717) is 13.2 Å². The highest BCUT2D eigenvalue weighted by atomic mass is 16.1. The van der Waals surface area contributed by atoms with Crippen LogP contribution in [0.4, 0.5) is 0 Å². The number of aromatic nitrogens is 5. The number of carbonyl (C=O) groups is 1. The van der Waals surface area contributed by atoms with Crippen molar-refractivity contribution in [2.45, 2.75) is 20.1 Å². The Morgan fingerprint density at radius 1 is 1.04 bits per heavy atom. The van der Waals surface area contributed by atoms with Crippen LogP contribution in [0.5, 0.6) is 0 Å². The molecule has 7 heteroatoms. The predicted molar refractivity (Wildman–Crippen MR) is 90.2 cm³/mol. The van der Waals surface area contributed by atoms with E-state index in [-0.39, 0.29) is 5.91 Å². The molecule has 0 radical (unpaired) electrons. The van der Waals surface area contributed by atoms with Crippen molar-refractivity contribution in [2.24, 2.45) is 0 Å². The van der Waals surface area contributed by atoms with E-state index in [1.165, 1.54) is 6.92 Å². The topological polar surface area (TPSA) is 77.6 Å². The summed E-state index contributed by atoms with van der Waals surface area (Å²) in [5, 5.41) is 11.2.